The summed E-state index contributed by atoms with van der Waals surface area (Å²) in [6.07, 6.45) is 2.11. The second-order valence-corrected chi connectivity index (χ2v) is 7.21. The third-order valence-corrected chi connectivity index (χ3v) is 4.91. The third kappa shape index (κ3) is 3.42. The van der Waals surface area contributed by atoms with Gasteiger partial charge in [0, 0.05) is 18.7 Å². The van der Waals surface area contributed by atoms with Crippen molar-refractivity contribution in [2.24, 2.45) is 0 Å². The highest BCUT2D eigenvalue weighted by molar-refractivity contribution is 7.88. The van der Waals surface area contributed by atoms with Crippen molar-refractivity contribution in [1.29, 1.82) is 0 Å². The fourth-order valence-electron chi connectivity index (χ4n) is 2.47. The average Bonchev–Trinajstić information content (AvgIpc) is 2.90. The number of amides is 1. The predicted octanol–water partition coefficient (Wildman–Crippen LogP) is 1.27. The zero-order valence-electron chi connectivity index (χ0n) is 12.3. The smallest absolute Gasteiger partial charge is 0.271 e. The normalized spacial score (nSPS) is 19.1. The Labute approximate surface area is 128 Å². The minimum atomic E-state index is -3.46. The lowest BCUT2D eigenvalue weighted by Gasteiger charge is -2.21. The van der Waals surface area contributed by atoms with Gasteiger partial charge in [-0.05, 0) is 25.3 Å². The van der Waals surface area contributed by atoms with Crippen LogP contribution in [0.15, 0.2) is 18.2 Å². The fraction of sp³-hybridized carbons (Fsp3) is 0.462. The second-order valence-electron chi connectivity index (χ2n) is 5.28. The molecular formula is C13H17N3O5S. The number of non-ortho nitro benzene ring substituents is 1. The summed E-state index contributed by atoms with van der Waals surface area (Å²) >= 11 is 0. The predicted molar refractivity (Wildman–Crippen MR) is 81.0 cm³/mol. The maximum Gasteiger partial charge on any atom is 0.271 e. The zero-order chi connectivity index (χ0) is 16.5. The zero-order valence-corrected chi connectivity index (χ0v) is 13.1. The van der Waals surface area contributed by atoms with E-state index in [0.29, 0.717) is 30.6 Å². The van der Waals surface area contributed by atoms with Gasteiger partial charge in [0.2, 0.25) is 15.9 Å². The van der Waals surface area contributed by atoms with Gasteiger partial charge in [-0.1, -0.05) is 6.07 Å². The number of nitro benzene ring substituents is 1. The van der Waals surface area contributed by atoms with Crippen LogP contribution >= 0.6 is 0 Å². The second kappa shape index (κ2) is 6.01. The highest BCUT2D eigenvalue weighted by atomic mass is 32.2. The summed E-state index contributed by atoms with van der Waals surface area (Å²) in [5.41, 5.74) is 0.856. The van der Waals surface area contributed by atoms with Gasteiger partial charge in [-0.25, -0.2) is 8.42 Å². The molecule has 8 nitrogen and oxygen atoms in total. The van der Waals surface area contributed by atoms with Crippen LogP contribution in [0, 0.1) is 17.0 Å². The van der Waals surface area contributed by atoms with E-state index in [-0.39, 0.29) is 5.69 Å². The molecule has 1 fully saturated rings. The highest BCUT2D eigenvalue weighted by Crippen LogP contribution is 2.25. The maximum atomic E-state index is 12.3. The van der Waals surface area contributed by atoms with Crippen LogP contribution in [0.4, 0.5) is 11.4 Å². The number of aryl methyl sites for hydroxylation is 1. The van der Waals surface area contributed by atoms with Crippen molar-refractivity contribution in [2.45, 2.75) is 25.8 Å². The van der Waals surface area contributed by atoms with Crippen molar-refractivity contribution in [2.75, 3.05) is 18.1 Å². The maximum absolute atomic E-state index is 12.3. The molecule has 1 atom stereocenters. The molecule has 0 aliphatic carbocycles. The van der Waals surface area contributed by atoms with Gasteiger partial charge in [-0.2, -0.15) is 4.31 Å². The molecule has 120 valence electrons. The van der Waals surface area contributed by atoms with Crippen molar-refractivity contribution >= 4 is 27.3 Å². The number of sulfonamides is 1. The molecule has 1 aliphatic heterocycles. The SMILES string of the molecule is Cc1ccc([N+](=O)[O-])cc1NC(=O)C1CCCN1S(C)(=O)=O. The third-order valence-electron chi connectivity index (χ3n) is 3.62. The number of nitrogens with one attached hydrogen (secondary N) is 1. The quantitative estimate of drug-likeness (QED) is 0.661. The molecular weight excluding hydrogens is 310 g/mol. The van der Waals surface area contributed by atoms with Crippen molar-refractivity contribution in [3.05, 3.63) is 33.9 Å². The Morgan fingerprint density at radius 1 is 1.45 bits per heavy atom. The molecule has 1 heterocycles. The number of anilines is 1. The first-order chi connectivity index (χ1) is 10.2. The lowest BCUT2D eigenvalue weighted by atomic mass is 10.1. The lowest BCUT2D eigenvalue weighted by Crippen LogP contribution is -2.42. The first-order valence-electron chi connectivity index (χ1n) is 6.73. The molecule has 1 amide bonds. The van der Waals surface area contributed by atoms with Crippen LogP contribution in [-0.2, 0) is 14.8 Å². The fourth-order valence-corrected chi connectivity index (χ4v) is 3.60. The Kier molecular flexibility index (Phi) is 4.47. The van der Waals surface area contributed by atoms with Crippen LogP contribution in [0.25, 0.3) is 0 Å². The summed E-state index contributed by atoms with van der Waals surface area (Å²) in [5.74, 6) is -0.466. The minimum Gasteiger partial charge on any atom is -0.324 e. The van der Waals surface area contributed by atoms with Crippen molar-refractivity contribution < 1.29 is 18.1 Å². The Morgan fingerprint density at radius 2 is 2.14 bits per heavy atom. The molecule has 1 aliphatic rings. The molecule has 1 unspecified atom stereocenters. The first-order valence-corrected chi connectivity index (χ1v) is 8.57. The molecule has 0 radical (unpaired) electrons. The van der Waals surface area contributed by atoms with E-state index in [1.165, 1.54) is 18.2 Å². The largest absolute Gasteiger partial charge is 0.324 e. The molecule has 0 bridgehead atoms. The summed E-state index contributed by atoms with van der Waals surface area (Å²) < 4.78 is 24.5. The van der Waals surface area contributed by atoms with E-state index in [2.05, 4.69) is 5.32 Å². The molecule has 9 heteroatoms. The molecule has 1 saturated heterocycles. The van der Waals surface area contributed by atoms with Crippen LogP contribution in [0.3, 0.4) is 0 Å². The van der Waals surface area contributed by atoms with Crippen molar-refractivity contribution in [3.8, 4) is 0 Å². The van der Waals surface area contributed by atoms with E-state index < -0.39 is 26.9 Å². The Bertz CT molecular complexity index is 716. The summed E-state index contributed by atoms with van der Waals surface area (Å²) in [5, 5.41) is 13.4. The molecule has 2 rings (SSSR count). The van der Waals surface area contributed by atoms with Crippen LogP contribution in [0.5, 0.6) is 0 Å². The number of hydrogen-bond donors (Lipinski definition) is 1. The van der Waals surface area contributed by atoms with Gasteiger partial charge in [0.1, 0.15) is 6.04 Å². The standard InChI is InChI=1S/C13H17N3O5S/c1-9-5-6-10(16(18)19)8-11(9)14-13(17)12-4-3-7-15(12)22(2,20)21/h5-6,8,12H,3-4,7H2,1-2H3,(H,14,17). The average molecular weight is 327 g/mol. The van der Waals surface area contributed by atoms with Crippen LogP contribution in [0.2, 0.25) is 0 Å². The minimum absolute atomic E-state index is 0.132. The van der Waals surface area contributed by atoms with Crippen LogP contribution in [-0.4, -0.2) is 42.4 Å². The summed E-state index contributed by atoms with van der Waals surface area (Å²) in [7, 11) is -3.46. The Balaban J connectivity index is 2.22. The summed E-state index contributed by atoms with van der Waals surface area (Å²) in [6.45, 7) is 2.02. The van der Waals surface area contributed by atoms with Crippen molar-refractivity contribution in [3.63, 3.8) is 0 Å². The summed E-state index contributed by atoms with van der Waals surface area (Å²) in [4.78, 5) is 22.6. The number of carbonyl (C=O) groups is 1. The van der Waals surface area contributed by atoms with Crippen molar-refractivity contribution in [1.82, 2.24) is 4.31 Å². The van der Waals surface area contributed by atoms with Gasteiger partial charge >= 0.3 is 0 Å². The molecule has 22 heavy (non-hydrogen) atoms. The lowest BCUT2D eigenvalue weighted by molar-refractivity contribution is -0.384. The van der Waals surface area contributed by atoms with E-state index in [1.807, 2.05) is 0 Å². The number of carbonyl (C=O) groups excluding carboxylic acids is 1. The number of rotatable bonds is 4. The van der Waals surface area contributed by atoms with Gasteiger partial charge in [-0.3, -0.25) is 14.9 Å². The van der Waals surface area contributed by atoms with Gasteiger partial charge in [0.25, 0.3) is 5.69 Å². The van der Waals surface area contributed by atoms with E-state index in [0.717, 1.165) is 10.6 Å². The molecule has 0 saturated carbocycles. The highest BCUT2D eigenvalue weighted by Gasteiger charge is 2.36. The van der Waals surface area contributed by atoms with E-state index in [1.54, 1.807) is 6.92 Å². The van der Waals surface area contributed by atoms with Crippen LogP contribution in [0.1, 0.15) is 18.4 Å². The van der Waals surface area contributed by atoms with Gasteiger partial charge in [-0.15, -0.1) is 0 Å². The van der Waals surface area contributed by atoms with Crippen LogP contribution < -0.4 is 5.32 Å². The Morgan fingerprint density at radius 3 is 2.73 bits per heavy atom. The molecule has 1 aromatic carbocycles. The van der Waals surface area contributed by atoms with E-state index in [9.17, 15) is 23.3 Å². The first kappa shape index (κ1) is 16.4. The molecule has 0 spiro atoms. The van der Waals surface area contributed by atoms with Gasteiger partial charge in [0.15, 0.2) is 0 Å². The Hall–Kier alpha value is -2.00. The molecule has 0 aromatic heterocycles. The van der Waals surface area contributed by atoms with Gasteiger partial charge < -0.3 is 5.32 Å². The number of nitro groups is 1. The topological polar surface area (TPSA) is 110 Å². The molecule has 1 aromatic rings. The van der Waals surface area contributed by atoms with Gasteiger partial charge in [0.05, 0.1) is 16.9 Å². The van der Waals surface area contributed by atoms with E-state index >= 15 is 0 Å². The number of nitrogens with zero attached hydrogens (tertiary/aromatic N) is 2. The molecule has 1 N–H and O–H groups in total. The number of benzene rings is 1. The number of hydrogen-bond acceptors (Lipinski definition) is 5. The van der Waals surface area contributed by atoms with E-state index in [4.69, 9.17) is 0 Å². The summed E-state index contributed by atoms with van der Waals surface area (Å²) in [6, 6.07) is 3.39. The monoisotopic (exact) mass is 327 g/mol.